The highest BCUT2D eigenvalue weighted by atomic mass is 35.5. The second kappa shape index (κ2) is 9.35. The van der Waals surface area contributed by atoms with E-state index in [2.05, 4.69) is 10.6 Å². The van der Waals surface area contributed by atoms with Gasteiger partial charge in [-0.05, 0) is 89.9 Å². The molecule has 0 radical (unpaired) electrons. The van der Waals surface area contributed by atoms with Gasteiger partial charge in [0, 0.05) is 33.6 Å². The molecule has 0 heterocycles. The number of hydrogen-bond donors (Lipinski definition) is 2. The van der Waals surface area contributed by atoms with Gasteiger partial charge in [-0.3, -0.25) is 19.2 Å². The van der Waals surface area contributed by atoms with Crippen LogP contribution in [0, 0.1) is 0 Å². The van der Waals surface area contributed by atoms with Gasteiger partial charge in [0.1, 0.15) is 0 Å². The second-order valence-corrected chi connectivity index (χ2v) is 6.88. The fourth-order valence-electron chi connectivity index (χ4n) is 2.58. The third kappa shape index (κ3) is 5.31. The fraction of sp³-hybridized carbons (Fsp3) is 0. The van der Waals surface area contributed by atoms with E-state index < -0.39 is 22.3 Å². The number of amides is 2. The summed E-state index contributed by atoms with van der Waals surface area (Å²) in [5.41, 5.74) is 2.15. The maximum Gasteiger partial charge on any atom is 0.255 e. The van der Waals surface area contributed by atoms with Crippen LogP contribution in [0.4, 0.5) is 11.4 Å². The first kappa shape index (κ1) is 21.2. The summed E-state index contributed by atoms with van der Waals surface area (Å²) in [5, 5.41) is 4.20. The molecule has 2 amide bonds. The smallest absolute Gasteiger partial charge is 0.255 e. The van der Waals surface area contributed by atoms with Crippen LogP contribution >= 0.6 is 23.2 Å². The Labute approximate surface area is 181 Å². The number of carbonyl (C=O) groups excluding carboxylic acids is 4. The Balaban J connectivity index is 1.69. The summed E-state index contributed by atoms with van der Waals surface area (Å²) in [5.74, 6) is -0.834. The van der Waals surface area contributed by atoms with Gasteiger partial charge in [-0.15, -0.1) is 0 Å². The topological polar surface area (TPSA) is 92.3 Å². The molecule has 0 fully saturated rings. The van der Waals surface area contributed by atoms with E-state index in [-0.39, 0.29) is 11.1 Å². The van der Waals surface area contributed by atoms with Crippen LogP contribution in [0.5, 0.6) is 0 Å². The molecule has 0 atom stereocenters. The molecular formula is C22H14Cl2N2O4. The number of hydrogen-bond acceptors (Lipinski definition) is 4. The molecule has 3 aromatic rings. The van der Waals surface area contributed by atoms with Crippen molar-refractivity contribution in [2.75, 3.05) is 10.6 Å². The highest BCUT2D eigenvalue weighted by molar-refractivity contribution is 6.68. The van der Waals surface area contributed by atoms with Crippen molar-refractivity contribution in [2.24, 2.45) is 0 Å². The van der Waals surface area contributed by atoms with Gasteiger partial charge in [0.05, 0.1) is 0 Å². The van der Waals surface area contributed by atoms with E-state index in [1.54, 1.807) is 42.5 Å². The van der Waals surface area contributed by atoms with E-state index in [1.807, 2.05) is 0 Å². The number of anilines is 2. The summed E-state index contributed by atoms with van der Waals surface area (Å²) >= 11 is 10.8. The summed E-state index contributed by atoms with van der Waals surface area (Å²) in [7, 11) is 0. The minimum atomic E-state index is -0.588. The largest absolute Gasteiger partial charge is 0.322 e. The van der Waals surface area contributed by atoms with E-state index in [0.717, 1.165) is 0 Å². The molecule has 0 bridgehead atoms. The monoisotopic (exact) mass is 440 g/mol. The van der Waals surface area contributed by atoms with Gasteiger partial charge in [-0.2, -0.15) is 0 Å². The number of benzene rings is 3. The van der Waals surface area contributed by atoms with Crippen molar-refractivity contribution in [2.45, 2.75) is 0 Å². The lowest BCUT2D eigenvalue weighted by atomic mass is 10.1. The zero-order valence-corrected chi connectivity index (χ0v) is 16.8. The Bertz CT molecular complexity index is 1040. The van der Waals surface area contributed by atoms with Crippen molar-refractivity contribution in [1.82, 2.24) is 0 Å². The molecule has 0 aliphatic rings. The van der Waals surface area contributed by atoms with E-state index in [0.29, 0.717) is 22.5 Å². The minimum Gasteiger partial charge on any atom is -0.322 e. The molecule has 2 N–H and O–H groups in total. The van der Waals surface area contributed by atoms with Crippen molar-refractivity contribution >= 4 is 56.9 Å². The Morgan fingerprint density at radius 1 is 0.533 bits per heavy atom. The number of halogens is 2. The molecule has 0 spiro atoms. The van der Waals surface area contributed by atoms with Crippen LogP contribution in [0.15, 0.2) is 72.8 Å². The summed E-state index contributed by atoms with van der Waals surface area (Å²) < 4.78 is 0. The van der Waals surface area contributed by atoms with Gasteiger partial charge in [0.2, 0.25) is 0 Å². The summed E-state index contributed by atoms with van der Waals surface area (Å²) in [6.45, 7) is 0. The average molecular weight is 441 g/mol. The summed E-state index contributed by atoms with van der Waals surface area (Å²) in [6.07, 6.45) is 0. The van der Waals surface area contributed by atoms with E-state index in [1.165, 1.54) is 30.3 Å². The number of nitrogens with one attached hydrogen (secondary N) is 2. The van der Waals surface area contributed by atoms with Crippen LogP contribution in [-0.4, -0.2) is 22.3 Å². The standard InChI is InChI=1S/C22H14Cl2N2O4/c23-19(27)13-4-8-17(9-5-13)25-21(29)15-2-1-3-16(12-15)22(30)26-18-10-6-14(7-11-18)20(24)28/h1-12H,(H,25,29)(H,26,30). The lowest BCUT2D eigenvalue weighted by molar-refractivity contribution is 0.102. The van der Waals surface area contributed by atoms with Crippen molar-refractivity contribution in [3.63, 3.8) is 0 Å². The zero-order chi connectivity index (χ0) is 21.7. The van der Waals surface area contributed by atoms with E-state index >= 15 is 0 Å². The van der Waals surface area contributed by atoms with Gasteiger partial charge in [0.25, 0.3) is 22.3 Å². The van der Waals surface area contributed by atoms with Gasteiger partial charge in [-0.1, -0.05) is 6.07 Å². The van der Waals surface area contributed by atoms with Crippen molar-refractivity contribution in [3.8, 4) is 0 Å². The molecule has 6 nitrogen and oxygen atoms in total. The number of carbonyl (C=O) groups is 4. The van der Waals surface area contributed by atoms with Gasteiger partial charge >= 0.3 is 0 Å². The first-order chi connectivity index (χ1) is 14.3. The Morgan fingerprint density at radius 3 is 1.23 bits per heavy atom. The van der Waals surface area contributed by atoms with E-state index in [4.69, 9.17) is 23.2 Å². The SMILES string of the molecule is O=C(Cl)c1ccc(NC(=O)c2cccc(C(=O)Nc3ccc(C(=O)Cl)cc3)c2)cc1. The molecule has 150 valence electrons. The first-order valence-corrected chi connectivity index (χ1v) is 9.41. The van der Waals surface area contributed by atoms with Crippen LogP contribution in [-0.2, 0) is 0 Å². The van der Waals surface area contributed by atoms with Gasteiger partial charge in [0.15, 0.2) is 0 Å². The molecule has 0 aliphatic heterocycles. The highest BCUT2D eigenvalue weighted by Gasteiger charge is 2.12. The summed E-state index contributed by atoms with van der Waals surface area (Å²) in [4.78, 5) is 47.2. The molecule has 0 saturated carbocycles. The predicted octanol–water partition coefficient (Wildman–Crippen LogP) is 4.95. The highest BCUT2D eigenvalue weighted by Crippen LogP contribution is 2.16. The molecule has 3 rings (SSSR count). The number of rotatable bonds is 6. The normalized spacial score (nSPS) is 10.2. The van der Waals surface area contributed by atoms with Crippen LogP contribution in [0.25, 0.3) is 0 Å². The van der Waals surface area contributed by atoms with Gasteiger partial charge in [-0.25, -0.2) is 0 Å². The molecule has 3 aromatic carbocycles. The minimum absolute atomic E-state index is 0.281. The van der Waals surface area contributed by atoms with Crippen molar-refractivity contribution in [3.05, 3.63) is 95.1 Å². The molecule has 30 heavy (non-hydrogen) atoms. The fourth-order valence-corrected chi connectivity index (χ4v) is 2.83. The lowest BCUT2D eigenvalue weighted by Crippen LogP contribution is -2.15. The molecule has 0 saturated heterocycles. The average Bonchev–Trinajstić information content (AvgIpc) is 2.74. The van der Waals surface area contributed by atoms with Crippen LogP contribution in [0.3, 0.4) is 0 Å². The second-order valence-electron chi connectivity index (χ2n) is 6.19. The molecular weight excluding hydrogens is 427 g/mol. The van der Waals surface area contributed by atoms with Crippen LogP contribution in [0.1, 0.15) is 41.4 Å². The Hall–Kier alpha value is -3.48. The first-order valence-electron chi connectivity index (χ1n) is 8.66. The maximum atomic E-state index is 12.5. The maximum absolute atomic E-state index is 12.5. The zero-order valence-electron chi connectivity index (χ0n) is 15.3. The Kier molecular flexibility index (Phi) is 6.61. The van der Waals surface area contributed by atoms with Crippen LogP contribution < -0.4 is 10.6 Å². The third-order valence-corrected chi connectivity index (χ3v) is 4.56. The van der Waals surface area contributed by atoms with Gasteiger partial charge < -0.3 is 10.6 Å². The Morgan fingerprint density at radius 2 is 0.900 bits per heavy atom. The molecule has 0 aromatic heterocycles. The van der Waals surface area contributed by atoms with Crippen LogP contribution in [0.2, 0.25) is 0 Å². The quantitative estimate of drug-likeness (QED) is 0.530. The molecule has 8 heteroatoms. The van der Waals surface area contributed by atoms with E-state index in [9.17, 15) is 19.2 Å². The lowest BCUT2D eigenvalue weighted by Gasteiger charge is -2.09. The van der Waals surface area contributed by atoms with Crippen molar-refractivity contribution < 1.29 is 19.2 Å². The van der Waals surface area contributed by atoms with Crippen molar-refractivity contribution in [1.29, 1.82) is 0 Å². The third-order valence-electron chi connectivity index (χ3n) is 4.13. The molecule has 0 unspecified atom stereocenters. The predicted molar refractivity (Wildman–Crippen MR) is 116 cm³/mol. The summed E-state index contributed by atoms with van der Waals surface area (Å²) in [6, 6.07) is 18.4. The molecule has 0 aliphatic carbocycles.